The highest BCUT2D eigenvalue weighted by Gasteiger charge is 2.25. The molecule has 1 heterocycles. The number of nitrogens with zero attached hydrogens (tertiary/aromatic N) is 1. The molecule has 2 N–H and O–H groups in total. The van der Waals surface area contributed by atoms with E-state index in [-0.39, 0.29) is 17.9 Å². The summed E-state index contributed by atoms with van der Waals surface area (Å²) in [5.74, 6) is -0.0842. The number of H-pyrrole nitrogens is 1. The molecular formula is C20H17F2N3O. The van der Waals surface area contributed by atoms with Crippen molar-refractivity contribution in [3.05, 3.63) is 71.4 Å². The summed E-state index contributed by atoms with van der Waals surface area (Å²) in [6, 6.07) is 12.0. The lowest BCUT2D eigenvalue weighted by molar-refractivity contribution is -0.115. The lowest BCUT2D eigenvalue weighted by Gasteiger charge is -2.06. The number of halogens is 2. The fraction of sp³-hybridized carbons (Fsp3) is 0.200. The average Bonchev–Trinajstić information content (AvgIpc) is 3.38. The standard InChI is InChI=1S/C20H17F2N3O/c21-15-7-8-17(22)16(10-15)13-3-1-12(2-4-13)9-20(26)23-19-11-18(24-25-19)14-5-6-14/h1-4,7-8,10-11,14H,5-6,9H2,(H2,23,24,25,26). The minimum atomic E-state index is -0.491. The van der Waals surface area contributed by atoms with Gasteiger partial charge in [0.2, 0.25) is 5.91 Å². The molecule has 1 amide bonds. The molecule has 0 atom stereocenters. The van der Waals surface area contributed by atoms with E-state index < -0.39 is 11.6 Å². The SMILES string of the molecule is O=C(Cc1ccc(-c2cc(F)ccc2F)cc1)Nc1cc(C2CC2)[nH]n1. The van der Waals surface area contributed by atoms with E-state index in [1.807, 2.05) is 6.07 Å². The molecule has 0 saturated heterocycles. The van der Waals surface area contributed by atoms with Crippen LogP contribution in [0.15, 0.2) is 48.5 Å². The largest absolute Gasteiger partial charge is 0.309 e. The second kappa shape index (κ2) is 6.71. The predicted molar refractivity (Wildman–Crippen MR) is 94.7 cm³/mol. The number of aromatic nitrogens is 2. The number of rotatable bonds is 5. The van der Waals surface area contributed by atoms with Crippen LogP contribution in [0.1, 0.15) is 30.0 Å². The fourth-order valence-corrected chi connectivity index (χ4v) is 2.90. The van der Waals surface area contributed by atoms with E-state index in [1.54, 1.807) is 24.3 Å². The van der Waals surface area contributed by atoms with E-state index in [1.165, 1.54) is 0 Å². The van der Waals surface area contributed by atoms with Crippen LogP contribution in [0.3, 0.4) is 0 Å². The molecule has 0 spiro atoms. The lowest BCUT2D eigenvalue weighted by Crippen LogP contribution is -2.14. The van der Waals surface area contributed by atoms with Crippen molar-refractivity contribution < 1.29 is 13.6 Å². The van der Waals surface area contributed by atoms with Crippen LogP contribution in [0.4, 0.5) is 14.6 Å². The Morgan fingerprint density at radius 3 is 2.62 bits per heavy atom. The highest BCUT2D eigenvalue weighted by atomic mass is 19.1. The Morgan fingerprint density at radius 2 is 1.88 bits per heavy atom. The number of benzene rings is 2. The van der Waals surface area contributed by atoms with Crippen molar-refractivity contribution in [2.24, 2.45) is 0 Å². The summed E-state index contributed by atoms with van der Waals surface area (Å²) in [6.07, 6.45) is 2.50. The predicted octanol–water partition coefficient (Wildman–Crippen LogP) is 4.41. The van der Waals surface area contributed by atoms with Crippen LogP contribution in [-0.4, -0.2) is 16.1 Å². The maximum atomic E-state index is 13.8. The number of anilines is 1. The number of aromatic amines is 1. The highest BCUT2D eigenvalue weighted by molar-refractivity contribution is 5.91. The first-order valence-electron chi connectivity index (χ1n) is 8.48. The molecule has 1 saturated carbocycles. The third-order valence-electron chi connectivity index (χ3n) is 4.44. The fourth-order valence-electron chi connectivity index (χ4n) is 2.90. The van der Waals surface area contributed by atoms with Gasteiger partial charge in [0.05, 0.1) is 6.42 Å². The Hall–Kier alpha value is -3.02. The van der Waals surface area contributed by atoms with Crippen LogP contribution in [0.25, 0.3) is 11.1 Å². The summed E-state index contributed by atoms with van der Waals surface area (Å²) in [5, 5.41) is 9.80. The molecule has 0 radical (unpaired) electrons. The van der Waals surface area contributed by atoms with Gasteiger partial charge in [0, 0.05) is 23.2 Å². The molecule has 0 unspecified atom stereocenters. The van der Waals surface area contributed by atoms with Crippen LogP contribution in [-0.2, 0) is 11.2 Å². The van der Waals surface area contributed by atoms with Crippen LogP contribution in [0.2, 0.25) is 0 Å². The van der Waals surface area contributed by atoms with Crippen LogP contribution >= 0.6 is 0 Å². The average molecular weight is 353 g/mol. The van der Waals surface area contributed by atoms with Crippen LogP contribution in [0.5, 0.6) is 0 Å². The summed E-state index contributed by atoms with van der Waals surface area (Å²) < 4.78 is 27.1. The molecule has 1 aliphatic rings. The van der Waals surface area contributed by atoms with Gasteiger partial charge in [-0.2, -0.15) is 5.10 Å². The van der Waals surface area contributed by atoms with E-state index in [2.05, 4.69) is 15.5 Å². The Labute approximate surface area is 149 Å². The molecule has 4 rings (SSSR count). The zero-order valence-corrected chi connectivity index (χ0v) is 13.9. The number of hydrogen-bond donors (Lipinski definition) is 2. The lowest BCUT2D eigenvalue weighted by atomic mass is 10.0. The van der Waals surface area contributed by atoms with E-state index in [4.69, 9.17) is 0 Å². The number of carbonyl (C=O) groups is 1. The quantitative estimate of drug-likeness (QED) is 0.714. The Bertz CT molecular complexity index is 946. The van der Waals surface area contributed by atoms with Crippen molar-refractivity contribution in [1.82, 2.24) is 10.2 Å². The van der Waals surface area contributed by atoms with Crippen molar-refractivity contribution >= 4 is 11.7 Å². The van der Waals surface area contributed by atoms with E-state index >= 15 is 0 Å². The zero-order chi connectivity index (χ0) is 18.1. The molecule has 1 aromatic heterocycles. The number of hydrogen-bond acceptors (Lipinski definition) is 2. The molecule has 26 heavy (non-hydrogen) atoms. The van der Waals surface area contributed by atoms with Gasteiger partial charge in [-0.3, -0.25) is 9.89 Å². The van der Waals surface area contributed by atoms with Gasteiger partial charge in [-0.25, -0.2) is 8.78 Å². The topological polar surface area (TPSA) is 57.8 Å². The van der Waals surface area contributed by atoms with Crippen molar-refractivity contribution in [2.75, 3.05) is 5.32 Å². The summed E-state index contributed by atoms with van der Waals surface area (Å²) in [6.45, 7) is 0. The van der Waals surface area contributed by atoms with Crippen molar-refractivity contribution in [3.8, 4) is 11.1 Å². The van der Waals surface area contributed by atoms with Gasteiger partial charge in [0.15, 0.2) is 5.82 Å². The first-order valence-corrected chi connectivity index (χ1v) is 8.48. The van der Waals surface area contributed by atoms with E-state index in [9.17, 15) is 13.6 Å². The monoisotopic (exact) mass is 353 g/mol. The molecule has 0 aliphatic heterocycles. The van der Waals surface area contributed by atoms with Gasteiger partial charge >= 0.3 is 0 Å². The van der Waals surface area contributed by atoms with E-state index in [0.29, 0.717) is 17.3 Å². The molecule has 1 fully saturated rings. The van der Waals surface area contributed by atoms with Gasteiger partial charge in [-0.15, -0.1) is 0 Å². The van der Waals surface area contributed by atoms with Gasteiger partial charge in [0.1, 0.15) is 11.6 Å². The molecule has 3 aromatic rings. The molecule has 2 aromatic carbocycles. The minimum Gasteiger partial charge on any atom is -0.309 e. The van der Waals surface area contributed by atoms with E-state index in [0.717, 1.165) is 42.3 Å². The van der Waals surface area contributed by atoms with Gasteiger partial charge in [0.25, 0.3) is 0 Å². The summed E-state index contributed by atoms with van der Waals surface area (Å²) in [5.41, 5.74) is 2.60. The van der Waals surface area contributed by atoms with Crippen LogP contribution < -0.4 is 5.32 Å². The molecule has 4 nitrogen and oxygen atoms in total. The number of nitrogens with one attached hydrogen (secondary N) is 2. The maximum absolute atomic E-state index is 13.8. The smallest absolute Gasteiger partial charge is 0.229 e. The second-order valence-corrected chi connectivity index (χ2v) is 6.53. The summed E-state index contributed by atoms with van der Waals surface area (Å²) >= 11 is 0. The highest BCUT2D eigenvalue weighted by Crippen LogP contribution is 2.39. The van der Waals surface area contributed by atoms with Crippen LogP contribution in [0, 0.1) is 11.6 Å². The molecule has 6 heteroatoms. The molecule has 1 aliphatic carbocycles. The first-order chi connectivity index (χ1) is 12.6. The third-order valence-corrected chi connectivity index (χ3v) is 4.44. The normalized spacial score (nSPS) is 13.6. The molecule has 132 valence electrons. The number of carbonyl (C=O) groups excluding carboxylic acids is 1. The molecule has 0 bridgehead atoms. The van der Waals surface area contributed by atoms with Crippen molar-refractivity contribution in [1.29, 1.82) is 0 Å². The van der Waals surface area contributed by atoms with Crippen molar-refractivity contribution in [2.45, 2.75) is 25.2 Å². The Morgan fingerprint density at radius 1 is 1.12 bits per heavy atom. The summed E-state index contributed by atoms with van der Waals surface area (Å²) in [4.78, 5) is 12.2. The van der Waals surface area contributed by atoms with Gasteiger partial charge < -0.3 is 5.32 Å². The molecular weight excluding hydrogens is 336 g/mol. The first kappa shape index (κ1) is 16.4. The third kappa shape index (κ3) is 3.64. The Kier molecular flexibility index (Phi) is 4.24. The van der Waals surface area contributed by atoms with Crippen molar-refractivity contribution in [3.63, 3.8) is 0 Å². The Balaban J connectivity index is 1.41. The zero-order valence-electron chi connectivity index (χ0n) is 13.9. The maximum Gasteiger partial charge on any atom is 0.229 e. The minimum absolute atomic E-state index is 0.177. The second-order valence-electron chi connectivity index (χ2n) is 6.53. The van der Waals surface area contributed by atoms with Gasteiger partial charge in [-0.05, 0) is 42.2 Å². The summed E-state index contributed by atoms with van der Waals surface area (Å²) in [7, 11) is 0. The number of amides is 1. The van der Waals surface area contributed by atoms with Gasteiger partial charge in [-0.1, -0.05) is 24.3 Å².